The molecule has 2 N–H and O–H groups in total. The van der Waals surface area contributed by atoms with Gasteiger partial charge in [-0.15, -0.1) is 0 Å². The molecule has 0 bridgehead atoms. The Morgan fingerprint density at radius 2 is 2.28 bits per heavy atom. The summed E-state index contributed by atoms with van der Waals surface area (Å²) in [5, 5.41) is 0. The van der Waals surface area contributed by atoms with Crippen molar-refractivity contribution in [1.82, 2.24) is 4.90 Å². The maximum Gasteiger partial charge on any atom is 0.239 e. The van der Waals surface area contributed by atoms with Gasteiger partial charge >= 0.3 is 0 Å². The summed E-state index contributed by atoms with van der Waals surface area (Å²) >= 11 is 0. The molecule has 1 aliphatic rings. The van der Waals surface area contributed by atoms with E-state index in [-0.39, 0.29) is 11.9 Å². The molecule has 4 nitrogen and oxygen atoms in total. The van der Waals surface area contributed by atoms with Crippen molar-refractivity contribution in [2.75, 3.05) is 13.7 Å². The lowest BCUT2D eigenvalue weighted by Crippen LogP contribution is -2.45. The van der Waals surface area contributed by atoms with E-state index in [1.165, 1.54) is 5.56 Å². The molecule has 0 saturated heterocycles. The lowest BCUT2D eigenvalue weighted by molar-refractivity contribution is -0.133. The van der Waals surface area contributed by atoms with Gasteiger partial charge in [-0.2, -0.15) is 0 Å². The van der Waals surface area contributed by atoms with Crippen LogP contribution in [0.4, 0.5) is 0 Å². The van der Waals surface area contributed by atoms with Gasteiger partial charge in [0.05, 0.1) is 13.2 Å². The molecule has 18 heavy (non-hydrogen) atoms. The first kappa shape index (κ1) is 12.9. The van der Waals surface area contributed by atoms with Crippen LogP contribution in [0, 0.1) is 0 Å². The number of nitrogens with two attached hydrogens (primary N) is 1. The normalized spacial score (nSPS) is 16.1. The molecule has 1 aliphatic heterocycles. The maximum atomic E-state index is 12.1. The standard InChI is InChI=1S/C14H20N2O2/c1-3-13(15)14(17)16-7-6-10-4-5-12(18-2)8-11(10)9-16/h4-5,8,13H,3,6-7,9,15H2,1-2H3. The summed E-state index contributed by atoms with van der Waals surface area (Å²) in [6.45, 7) is 3.33. The Morgan fingerprint density at radius 1 is 1.50 bits per heavy atom. The molecule has 98 valence electrons. The smallest absolute Gasteiger partial charge is 0.239 e. The third-order valence-corrected chi connectivity index (χ3v) is 3.49. The third kappa shape index (κ3) is 2.48. The average Bonchev–Trinajstić information content (AvgIpc) is 2.44. The number of rotatable bonds is 3. The number of carbonyl (C=O) groups is 1. The van der Waals surface area contributed by atoms with E-state index in [1.807, 2.05) is 24.0 Å². The fourth-order valence-corrected chi connectivity index (χ4v) is 2.26. The Balaban J connectivity index is 2.15. The van der Waals surface area contributed by atoms with E-state index in [9.17, 15) is 4.79 Å². The van der Waals surface area contributed by atoms with Gasteiger partial charge in [0.15, 0.2) is 0 Å². The van der Waals surface area contributed by atoms with E-state index >= 15 is 0 Å². The van der Waals surface area contributed by atoms with Crippen molar-refractivity contribution < 1.29 is 9.53 Å². The fraction of sp³-hybridized carbons (Fsp3) is 0.500. The van der Waals surface area contributed by atoms with Gasteiger partial charge in [0.1, 0.15) is 5.75 Å². The number of hydrogen-bond donors (Lipinski definition) is 1. The van der Waals surface area contributed by atoms with E-state index in [1.54, 1.807) is 7.11 Å². The topological polar surface area (TPSA) is 55.6 Å². The van der Waals surface area contributed by atoms with E-state index in [0.29, 0.717) is 13.0 Å². The summed E-state index contributed by atoms with van der Waals surface area (Å²) in [5.74, 6) is 0.883. The van der Waals surface area contributed by atoms with Gasteiger partial charge < -0.3 is 15.4 Å². The monoisotopic (exact) mass is 248 g/mol. The second-order valence-corrected chi connectivity index (χ2v) is 4.66. The minimum atomic E-state index is -0.378. The van der Waals surface area contributed by atoms with Crippen LogP contribution in [0.3, 0.4) is 0 Å². The molecule has 4 heteroatoms. The van der Waals surface area contributed by atoms with Crippen molar-refractivity contribution in [3.05, 3.63) is 29.3 Å². The van der Waals surface area contributed by atoms with Gasteiger partial charge in [-0.25, -0.2) is 0 Å². The molecule has 0 saturated carbocycles. The van der Waals surface area contributed by atoms with Crippen LogP contribution in [-0.2, 0) is 17.8 Å². The summed E-state index contributed by atoms with van der Waals surface area (Å²) < 4.78 is 5.22. The zero-order valence-electron chi connectivity index (χ0n) is 11.0. The lowest BCUT2D eigenvalue weighted by atomic mass is 9.98. The summed E-state index contributed by atoms with van der Waals surface area (Å²) in [6.07, 6.45) is 1.57. The number of amides is 1. The summed E-state index contributed by atoms with van der Waals surface area (Å²) in [4.78, 5) is 13.9. The Labute approximate surface area is 108 Å². The molecule has 1 aromatic carbocycles. The van der Waals surface area contributed by atoms with Gasteiger partial charge in [0.2, 0.25) is 5.91 Å². The number of fused-ring (bicyclic) bond motifs is 1. The highest BCUT2D eigenvalue weighted by Crippen LogP contribution is 2.24. The van der Waals surface area contributed by atoms with Crippen molar-refractivity contribution >= 4 is 5.91 Å². The van der Waals surface area contributed by atoms with Crippen LogP contribution in [-0.4, -0.2) is 30.5 Å². The summed E-state index contributed by atoms with van der Waals surface area (Å²) in [7, 11) is 1.65. The van der Waals surface area contributed by atoms with Crippen molar-refractivity contribution in [2.24, 2.45) is 5.73 Å². The van der Waals surface area contributed by atoms with Crippen LogP contribution >= 0.6 is 0 Å². The number of nitrogens with zero attached hydrogens (tertiary/aromatic N) is 1. The van der Waals surface area contributed by atoms with Crippen molar-refractivity contribution in [1.29, 1.82) is 0 Å². The highest BCUT2D eigenvalue weighted by atomic mass is 16.5. The summed E-state index contributed by atoms with van der Waals surface area (Å²) in [5.41, 5.74) is 8.27. The van der Waals surface area contributed by atoms with E-state index in [4.69, 9.17) is 10.5 Å². The second kappa shape index (κ2) is 5.40. The number of carbonyl (C=O) groups excluding carboxylic acids is 1. The molecule has 0 aromatic heterocycles. The predicted molar refractivity (Wildman–Crippen MR) is 70.4 cm³/mol. The molecule has 1 heterocycles. The molecular formula is C14H20N2O2. The van der Waals surface area contributed by atoms with Crippen LogP contribution in [0.15, 0.2) is 18.2 Å². The van der Waals surface area contributed by atoms with Crippen molar-refractivity contribution in [3.63, 3.8) is 0 Å². The summed E-state index contributed by atoms with van der Waals surface area (Å²) in [6, 6.07) is 5.67. The van der Waals surface area contributed by atoms with Crippen LogP contribution in [0.25, 0.3) is 0 Å². The van der Waals surface area contributed by atoms with Crippen LogP contribution in [0.5, 0.6) is 5.75 Å². The Bertz CT molecular complexity index is 445. The van der Waals surface area contributed by atoms with Gasteiger partial charge in [0.25, 0.3) is 0 Å². The SMILES string of the molecule is CCC(N)C(=O)N1CCc2ccc(OC)cc2C1. The van der Waals surface area contributed by atoms with Gasteiger partial charge in [-0.1, -0.05) is 13.0 Å². The first-order valence-electron chi connectivity index (χ1n) is 6.36. The first-order chi connectivity index (χ1) is 8.65. The van der Waals surface area contributed by atoms with Crippen LogP contribution < -0.4 is 10.5 Å². The molecule has 0 spiro atoms. The highest BCUT2D eigenvalue weighted by Gasteiger charge is 2.24. The largest absolute Gasteiger partial charge is 0.497 e. The molecule has 1 unspecified atom stereocenters. The molecule has 0 radical (unpaired) electrons. The number of benzene rings is 1. The molecule has 0 aliphatic carbocycles. The number of methoxy groups -OCH3 is 1. The van der Waals surface area contributed by atoms with Gasteiger partial charge in [-0.05, 0) is 36.1 Å². The minimum Gasteiger partial charge on any atom is -0.497 e. The Hall–Kier alpha value is -1.55. The zero-order valence-corrected chi connectivity index (χ0v) is 11.0. The van der Waals surface area contributed by atoms with Crippen molar-refractivity contribution in [3.8, 4) is 5.75 Å². The quantitative estimate of drug-likeness (QED) is 0.877. The average molecular weight is 248 g/mol. The highest BCUT2D eigenvalue weighted by molar-refractivity contribution is 5.81. The maximum absolute atomic E-state index is 12.1. The Kier molecular flexibility index (Phi) is 3.87. The molecule has 2 rings (SSSR count). The molecule has 1 aromatic rings. The predicted octanol–water partition coefficient (Wildman–Crippen LogP) is 1.32. The third-order valence-electron chi connectivity index (χ3n) is 3.49. The molecular weight excluding hydrogens is 228 g/mol. The van der Waals surface area contributed by atoms with E-state index in [0.717, 1.165) is 24.3 Å². The molecule has 1 amide bonds. The van der Waals surface area contributed by atoms with Crippen LogP contribution in [0.2, 0.25) is 0 Å². The van der Waals surface area contributed by atoms with E-state index < -0.39 is 0 Å². The Morgan fingerprint density at radius 3 is 2.94 bits per heavy atom. The molecule has 1 atom stereocenters. The van der Waals surface area contributed by atoms with Gasteiger partial charge in [-0.3, -0.25) is 4.79 Å². The lowest BCUT2D eigenvalue weighted by Gasteiger charge is -2.30. The minimum absolute atomic E-state index is 0.0472. The van der Waals surface area contributed by atoms with E-state index in [2.05, 4.69) is 6.07 Å². The molecule has 0 fully saturated rings. The fourth-order valence-electron chi connectivity index (χ4n) is 2.26. The van der Waals surface area contributed by atoms with Crippen molar-refractivity contribution in [2.45, 2.75) is 32.4 Å². The second-order valence-electron chi connectivity index (χ2n) is 4.66. The van der Waals surface area contributed by atoms with Crippen LogP contribution in [0.1, 0.15) is 24.5 Å². The first-order valence-corrected chi connectivity index (χ1v) is 6.36. The number of hydrogen-bond acceptors (Lipinski definition) is 3. The van der Waals surface area contributed by atoms with Gasteiger partial charge in [0, 0.05) is 13.1 Å². The number of ether oxygens (including phenoxy) is 1. The zero-order chi connectivity index (χ0) is 13.1.